The standard InChI is InChI=1S/C18H25F3N6O.HI/c1-3-16-26-25-13-27(16)12-11-24-17(22-4-2)23-10-9-14-5-7-15(8-6-14)28-18(19,20)21;/h5-8,13H,3-4,9-12H2,1-2H3,(H2,22,23,24);1H. The van der Waals surface area contributed by atoms with Gasteiger partial charge in [0.25, 0.3) is 0 Å². The number of guanidine groups is 1. The minimum absolute atomic E-state index is 0. The number of aliphatic imine (C=N–C) groups is 1. The number of hydrogen-bond acceptors (Lipinski definition) is 4. The topological polar surface area (TPSA) is 76.4 Å². The molecule has 0 atom stereocenters. The molecule has 29 heavy (non-hydrogen) atoms. The molecular formula is C18H26F3IN6O. The Morgan fingerprint density at radius 3 is 2.52 bits per heavy atom. The number of rotatable bonds is 9. The van der Waals surface area contributed by atoms with Crippen LogP contribution < -0.4 is 15.4 Å². The van der Waals surface area contributed by atoms with Crippen LogP contribution >= 0.6 is 24.0 Å². The monoisotopic (exact) mass is 526 g/mol. The fraction of sp³-hybridized carbons (Fsp3) is 0.500. The van der Waals surface area contributed by atoms with Gasteiger partial charge in [-0.15, -0.1) is 47.3 Å². The number of nitrogens with zero attached hydrogens (tertiary/aromatic N) is 4. The predicted molar refractivity (Wildman–Crippen MR) is 116 cm³/mol. The molecule has 1 aromatic carbocycles. The summed E-state index contributed by atoms with van der Waals surface area (Å²) in [6, 6.07) is 5.82. The van der Waals surface area contributed by atoms with Gasteiger partial charge in [-0.05, 0) is 31.0 Å². The van der Waals surface area contributed by atoms with Gasteiger partial charge in [-0.1, -0.05) is 19.1 Å². The first-order valence-electron chi connectivity index (χ1n) is 9.14. The molecule has 1 heterocycles. The van der Waals surface area contributed by atoms with Gasteiger partial charge in [0, 0.05) is 32.6 Å². The lowest BCUT2D eigenvalue weighted by atomic mass is 10.1. The average molecular weight is 526 g/mol. The van der Waals surface area contributed by atoms with E-state index in [0.29, 0.717) is 25.5 Å². The molecular weight excluding hydrogens is 500 g/mol. The van der Waals surface area contributed by atoms with Gasteiger partial charge in [-0.2, -0.15) is 0 Å². The Balaban J connectivity index is 0.00000420. The Hall–Kier alpha value is -2.05. The zero-order chi connectivity index (χ0) is 20.4. The van der Waals surface area contributed by atoms with Crippen LogP contribution in [-0.4, -0.2) is 46.7 Å². The van der Waals surface area contributed by atoms with Crippen molar-refractivity contribution in [3.63, 3.8) is 0 Å². The lowest BCUT2D eigenvalue weighted by molar-refractivity contribution is -0.274. The molecule has 2 rings (SSSR count). The van der Waals surface area contributed by atoms with Gasteiger partial charge in [0.2, 0.25) is 0 Å². The molecule has 162 valence electrons. The normalized spacial score (nSPS) is 11.7. The third kappa shape index (κ3) is 9.33. The summed E-state index contributed by atoms with van der Waals surface area (Å²) in [7, 11) is 0. The van der Waals surface area contributed by atoms with E-state index in [0.717, 1.165) is 30.9 Å². The molecule has 11 heteroatoms. The lowest BCUT2D eigenvalue weighted by Gasteiger charge is -2.12. The Morgan fingerprint density at radius 1 is 1.17 bits per heavy atom. The molecule has 2 aromatic rings. The molecule has 0 aliphatic heterocycles. The van der Waals surface area contributed by atoms with Gasteiger partial charge in [0.05, 0.1) is 0 Å². The van der Waals surface area contributed by atoms with E-state index in [1.165, 1.54) is 12.1 Å². The number of aromatic nitrogens is 3. The molecule has 0 fully saturated rings. The predicted octanol–water partition coefficient (Wildman–Crippen LogP) is 3.15. The van der Waals surface area contributed by atoms with Gasteiger partial charge < -0.3 is 19.9 Å². The van der Waals surface area contributed by atoms with Crippen LogP contribution in [0.25, 0.3) is 0 Å². The van der Waals surface area contributed by atoms with Gasteiger partial charge in [0.15, 0.2) is 5.96 Å². The van der Waals surface area contributed by atoms with E-state index in [4.69, 9.17) is 0 Å². The van der Waals surface area contributed by atoms with Crippen LogP contribution in [0.5, 0.6) is 5.75 Å². The highest BCUT2D eigenvalue weighted by molar-refractivity contribution is 14.0. The van der Waals surface area contributed by atoms with E-state index in [-0.39, 0.29) is 29.7 Å². The first-order valence-corrected chi connectivity index (χ1v) is 9.14. The van der Waals surface area contributed by atoms with E-state index in [1.54, 1.807) is 18.5 Å². The van der Waals surface area contributed by atoms with Crippen LogP contribution in [0.15, 0.2) is 35.6 Å². The van der Waals surface area contributed by atoms with Gasteiger partial charge in [-0.3, -0.25) is 4.99 Å². The molecule has 2 N–H and O–H groups in total. The molecule has 0 saturated carbocycles. The van der Waals surface area contributed by atoms with Crippen molar-refractivity contribution in [2.45, 2.75) is 39.6 Å². The van der Waals surface area contributed by atoms with E-state index in [1.807, 2.05) is 18.4 Å². The fourth-order valence-electron chi connectivity index (χ4n) is 2.53. The quantitative estimate of drug-likeness (QED) is 0.299. The number of ether oxygens (including phenoxy) is 1. The van der Waals surface area contributed by atoms with Crippen molar-refractivity contribution in [1.82, 2.24) is 25.4 Å². The summed E-state index contributed by atoms with van der Waals surface area (Å²) in [5.41, 5.74) is 0.881. The van der Waals surface area contributed by atoms with Crippen LogP contribution in [0.2, 0.25) is 0 Å². The van der Waals surface area contributed by atoms with Crippen LogP contribution in [0, 0.1) is 0 Å². The third-order valence-corrected chi connectivity index (χ3v) is 3.83. The second-order valence-electron chi connectivity index (χ2n) is 5.92. The first-order chi connectivity index (χ1) is 13.4. The summed E-state index contributed by atoms with van der Waals surface area (Å²) >= 11 is 0. The maximum Gasteiger partial charge on any atom is 0.573 e. The Kier molecular flexibility index (Phi) is 10.8. The van der Waals surface area contributed by atoms with Crippen molar-refractivity contribution in [3.05, 3.63) is 42.0 Å². The molecule has 0 amide bonds. The molecule has 0 bridgehead atoms. The maximum atomic E-state index is 12.2. The summed E-state index contributed by atoms with van der Waals surface area (Å²) in [6.45, 7) is 6.62. The highest BCUT2D eigenvalue weighted by Gasteiger charge is 2.30. The lowest BCUT2D eigenvalue weighted by Crippen LogP contribution is -2.39. The Labute approximate surface area is 185 Å². The van der Waals surface area contributed by atoms with E-state index < -0.39 is 6.36 Å². The van der Waals surface area contributed by atoms with Gasteiger partial charge >= 0.3 is 6.36 Å². The average Bonchev–Trinajstić information content (AvgIpc) is 3.09. The molecule has 0 unspecified atom stereocenters. The zero-order valence-corrected chi connectivity index (χ0v) is 18.7. The molecule has 7 nitrogen and oxygen atoms in total. The van der Waals surface area contributed by atoms with Crippen LogP contribution in [0.4, 0.5) is 13.2 Å². The molecule has 1 aromatic heterocycles. The molecule has 0 radical (unpaired) electrons. The molecule has 0 spiro atoms. The SMILES string of the molecule is CCNC(=NCCc1ccc(OC(F)(F)F)cc1)NCCn1cnnc1CC.I. The fourth-order valence-corrected chi connectivity index (χ4v) is 2.53. The second-order valence-corrected chi connectivity index (χ2v) is 5.92. The highest BCUT2D eigenvalue weighted by Crippen LogP contribution is 2.22. The van der Waals surface area contributed by atoms with E-state index >= 15 is 0 Å². The van der Waals surface area contributed by atoms with Crippen molar-refractivity contribution in [1.29, 1.82) is 0 Å². The number of alkyl halides is 3. The number of aryl methyl sites for hydroxylation is 1. The van der Waals surface area contributed by atoms with Crippen molar-refractivity contribution < 1.29 is 17.9 Å². The minimum atomic E-state index is -4.68. The van der Waals surface area contributed by atoms with Crippen molar-refractivity contribution in [2.75, 3.05) is 19.6 Å². The van der Waals surface area contributed by atoms with Crippen molar-refractivity contribution in [3.8, 4) is 5.75 Å². The molecule has 0 aliphatic carbocycles. The van der Waals surface area contributed by atoms with Gasteiger partial charge in [0.1, 0.15) is 17.9 Å². The summed E-state index contributed by atoms with van der Waals surface area (Å²) < 4.78 is 42.4. The Bertz CT molecular complexity index is 749. The number of halogens is 4. The van der Waals surface area contributed by atoms with E-state index in [2.05, 4.69) is 30.6 Å². The van der Waals surface area contributed by atoms with Crippen LogP contribution in [-0.2, 0) is 19.4 Å². The summed E-state index contributed by atoms with van der Waals surface area (Å²) in [6.07, 6.45) is -1.55. The number of hydrogen-bond donors (Lipinski definition) is 2. The van der Waals surface area contributed by atoms with Crippen molar-refractivity contribution >= 4 is 29.9 Å². The Morgan fingerprint density at radius 2 is 1.90 bits per heavy atom. The molecule has 0 saturated heterocycles. The van der Waals surface area contributed by atoms with E-state index in [9.17, 15) is 13.2 Å². The summed E-state index contributed by atoms with van der Waals surface area (Å²) in [5, 5.41) is 14.4. The third-order valence-electron chi connectivity index (χ3n) is 3.83. The molecule has 0 aliphatic rings. The van der Waals surface area contributed by atoms with Crippen molar-refractivity contribution in [2.24, 2.45) is 4.99 Å². The second kappa shape index (κ2) is 12.5. The summed E-state index contributed by atoms with van der Waals surface area (Å²) in [4.78, 5) is 4.49. The number of nitrogens with one attached hydrogen (secondary N) is 2. The van der Waals surface area contributed by atoms with Gasteiger partial charge in [-0.25, -0.2) is 0 Å². The highest BCUT2D eigenvalue weighted by atomic mass is 127. The summed E-state index contributed by atoms with van der Waals surface area (Å²) in [5.74, 6) is 1.39. The maximum absolute atomic E-state index is 12.2. The van der Waals surface area contributed by atoms with Crippen LogP contribution in [0.3, 0.4) is 0 Å². The zero-order valence-electron chi connectivity index (χ0n) is 16.4. The number of benzene rings is 1. The first kappa shape index (κ1) is 25.0. The largest absolute Gasteiger partial charge is 0.573 e. The van der Waals surface area contributed by atoms with Crippen LogP contribution in [0.1, 0.15) is 25.2 Å². The minimum Gasteiger partial charge on any atom is -0.406 e. The smallest absolute Gasteiger partial charge is 0.406 e.